The van der Waals surface area contributed by atoms with Crippen LogP contribution in [0.25, 0.3) is 0 Å². The maximum absolute atomic E-state index is 13.7. The number of aromatic nitrogens is 1. The highest BCUT2D eigenvalue weighted by molar-refractivity contribution is 8.00. The Morgan fingerprint density at radius 1 is 1.00 bits per heavy atom. The molecule has 3 amide bonds. The predicted molar refractivity (Wildman–Crippen MR) is 147 cm³/mol. The lowest BCUT2D eigenvalue weighted by Gasteiger charge is -2.29. The molecule has 2 aliphatic heterocycles. The Kier molecular flexibility index (Phi) is 6.47. The number of thiazole rings is 1. The lowest BCUT2D eigenvalue weighted by molar-refractivity contribution is -0.122. The highest BCUT2D eigenvalue weighted by Crippen LogP contribution is 2.54. The first kappa shape index (κ1) is 25.1. The van der Waals surface area contributed by atoms with Crippen molar-refractivity contribution in [2.75, 3.05) is 10.2 Å². The average Bonchev–Trinajstić information content (AvgIpc) is 3.59. The number of benzene rings is 2. The molecule has 0 bridgehead atoms. The van der Waals surface area contributed by atoms with Crippen molar-refractivity contribution in [2.45, 2.75) is 22.7 Å². The standard InChI is InChI=1S/C26H17ClFN3O4S3/c27-13-3-9-16(10-4-13)31-23(33)20-19(17-2-1-11-36-17)22-25(37-21(20)24(31)34)30(26(35)38-22)12-18(32)29-15-7-5-14(28)6-8-15/h1-11,19-21H,12H2,(H,29,32)/t19-,20?,21?/m1/s1. The first-order valence-corrected chi connectivity index (χ1v) is 14.4. The Bertz CT molecular complexity index is 1620. The summed E-state index contributed by atoms with van der Waals surface area (Å²) in [6, 6.07) is 15.6. The van der Waals surface area contributed by atoms with Gasteiger partial charge in [-0.25, -0.2) is 9.29 Å². The van der Waals surface area contributed by atoms with Crippen LogP contribution in [0.1, 0.15) is 15.7 Å². The van der Waals surface area contributed by atoms with Gasteiger partial charge in [-0.1, -0.05) is 40.8 Å². The SMILES string of the molecule is O=C(Cn1c2c(sc1=O)[C@H](c1cccs1)C1C(=O)N(c3ccc(Cl)cc3)C(=O)C1S2)Nc1ccc(F)cc1. The van der Waals surface area contributed by atoms with Gasteiger partial charge in [0.25, 0.3) is 0 Å². The van der Waals surface area contributed by atoms with Crippen LogP contribution in [0.15, 0.2) is 75.9 Å². The molecule has 0 radical (unpaired) electrons. The second-order valence-corrected chi connectivity index (χ2v) is 12.3. The Balaban J connectivity index is 1.38. The summed E-state index contributed by atoms with van der Waals surface area (Å²) in [5, 5.41) is 4.79. The van der Waals surface area contributed by atoms with Crippen molar-refractivity contribution in [3.05, 3.63) is 96.3 Å². The van der Waals surface area contributed by atoms with E-state index in [-0.39, 0.29) is 23.2 Å². The quantitative estimate of drug-likeness (QED) is 0.325. The minimum absolute atomic E-state index is 0.285. The lowest BCUT2D eigenvalue weighted by Crippen LogP contribution is -2.32. The summed E-state index contributed by atoms with van der Waals surface area (Å²) < 4.78 is 14.6. The van der Waals surface area contributed by atoms with E-state index in [0.29, 0.717) is 26.3 Å². The maximum Gasteiger partial charge on any atom is 0.308 e. The number of fused-ring (bicyclic) bond motifs is 2. The smallest absolute Gasteiger partial charge is 0.308 e. The van der Waals surface area contributed by atoms with Crippen molar-refractivity contribution < 1.29 is 18.8 Å². The number of carbonyl (C=O) groups is 3. The van der Waals surface area contributed by atoms with Crippen molar-refractivity contribution in [3.63, 3.8) is 0 Å². The fourth-order valence-corrected chi connectivity index (χ4v) is 8.60. The predicted octanol–water partition coefficient (Wildman–Crippen LogP) is 5.20. The molecule has 3 atom stereocenters. The van der Waals surface area contributed by atoms with Gasteiger partial charge in [0.05, 0.1) is 16.6 Å². The number of hydrogen-bond donors (Lipinski definition) is 1. The van der Waals surface area contributed by atoms with Crippen molar-refractivity contribution >= 4 is 75.1 Å². The molecule has 2 aromatic heterocycles. The third-order valence-corrected chi connectivity index (χ3v) is 10.2. The molecular formula is C26H17ClFN3O4S3. The molecule has 1 saturated heterocycles. The van der Waals surface area contributed by atoms with E-state index in [2.05, 4.69) is 5.32 Å². The van der Waals surface area contributed by atoms with Crippen LogP contribution in [0, 0.1) is 11.7 Å². The molecular weight excluding hydrogens is 569 g/mol. The number of nitrogens with zero attached hydrogens (tertiary/aromatic N) is 2. The highest BCUT2D eigenvalue weighted by atomic mass is 35.5. The normalized spacial score (nSPS) is 20.4. The number of halogens is 2. The molecule has 2 unspecified atom stereocenters. The summed E-state index contributed by atoms with van der Waals surface area (Å²) in [5.41, 5.74) is 0.830. The number of amides is 3. The molecule has 192 valence electrons. The first-order chi connectivity index (χ1) is 18.3. The van der Waals surface area contributed by atoms with Crippen LogP contribution in [-0.4, -0.2) is 27.5 Å². The maximum atomic E-state index is 13.7. The first-order valence-electron chi connectivity index (χ1n) is 11.4. The molecule has 4 aromatic rings. The van der Waals surface area contributed by atoms with Gasteiger partial charge in [-0.3, -0.25) is 23.7 Å². The number of nitrogens with one attached hydrogen (secondary N) is 1. The van der Waals surface area contributed by atoms with Gasteiger partial charge in [0, 0.05) is 26.4 Å². The molecule has 6 rings (SSSR count). The number of thioether (sulfide) groups is 1. The molecule has 4 heterocycles. The van der Waals surface area contributed by atoms with Crippen LogP contribution >= 0.6 is 46.0 Å². The van der Waals surface area contributed by atoms with Crippen LogP contribution in [-0.2, 0) is 20.9 Å². The van der Waals surface area contributed by atoms with Crippen molar-refractivity contribution in [3.8, 4) is 0 Å². The second-order valence-electron chi connectivity index (χ2n) is 8.72. The second kappa shape index (κ2) is 9.81. The molecule has 0 spiro atoms. The van der Waals surface area contributed by atoms with Crippen molar-refractivity contribution in [1.82, 2.24) is 4.57 Å². The van der Waals surface area contributed by atoms with Gasteiger partial charge < -0.3 is 5.32 Å². The zero-order chi connectivity index (χ0) is 26.6. The molecule has 1 fully saturated rings. The number of carbonyl (C=O) groups excluding carboxylic acids is 3. The molecule has 2 aromatic carbocycles. The van der Waals surface area contributed by atoms with Gasteiger partial charge in [0.1, 0.15) is 17.6 Å². The van der Waals surface area contributed by atoms with Gasteiger partial charge in [0.2, 0.25) is 17.7 Å². The Morgan fingerprint density at radius 3 is 2.42 bits per heavy atom. The summed E-state index contributed by atoms with van der Waals surface area (Å²) in [7, 11) is 0. The fourth-order valence-electron chi connectivity index (χ4n) is 4.75. The van der Waals surface area contributed by atoms with Gasteiger partial charge in [-0.05, 0) is 60.0 Å². The fraction of sp³-hybridized carbons (Fsp3) is 0.154. The topological polar surface area (TPSA) is 88.5 Å². The van der Waals surface area contributed by atoms with E-state index in [4.69, 9.17) is 11.6 Å². The molecule has 1 N–H and O–H groups in total. The number of hydrogen-bond acceptors (Lipinski definition) is 7. The Hall–Kier alpha value is -3.25. The zero-order valence-electron chi connectivity index (χ0n) is 19.3. The Morgan fingerprint density at radius 2 is 1.74 bits per heavy atom. The van der Waals surface area contributed by atoms with Crippen LogP contribution in [0.2, 0.25) is 5.02 Å². The van der Waals surface area contributed by atoms with Crippen molar-refractivity contribution in [1.29, 1.82) is 0 Å². The number of rotatable bonds is 5. The minimum atomic E-state index is -0.766. The van der Waals surface area contributed by atoms with E-state index in [0.717, 1.165) is 28.0 Å². The van der Waals surface area contributed by atoms with Gasteiger partial charge in [-0.2, -0.15) is 0 Å². The summed E-state index contributed by atoms with van der Waals surface area (Å²) in [5.74, 6) is -2.80. The third kappa shape index (κ3) is 4.29. The van der Waals surface area contributed by atoms with E-state index >= 15 is 0 Å². The third-order valence-electron chi connectivity index (χ3n) is 6.41. The number of imide groups is 1. The van der Waals surface area contributed by atoms with E-state index < -0.39 is 28.8 Å². The van der Waals surface area contributed by atoms with E-state index in [1.165, 1.54) is 45.1 Å². The van der Waals surface area contributed by atoms with Crippen LogP contribution in [0.5, 0.6) is 0 Å². The number of anilines is 2. The molecule has 12 heteroatoms. The lowest BCUT2D eigenvalue weighted by atomic mass is 9.87. The zero-order valence-corrected chi connectivity index (χ0v) is 22.5. The van der Waals surface area contributed by atoms with E-state index in [1.54, 1.807) is 24.3 Å². The summed E-state index contributed by atoms with van der Waals surface area (Å²) in [4.78, 5) is 55.7. The Labute approximate surface area is 232 Å². The van der Waals surface area contributed by atoms with E-state index in [9.17, 15) is 23.6 Å². The van der Waals surface area contributed by atoms with Crippen molar-refractivity contribution in [2.24, 2.45) is 5.92 Å². The molecule has 7 nitrogen and oxygen atoms in total. The summed E-state index contributed by atoms with van der Waals surface area (Å²) >= 11 is 9.60. The highest BCUT2D eigenvalue weighted by Gasteiger charge is 2.57. The van der Waals surface area contributed by atoms with Gasteiger partial charge >= 0.3 is 4.87 Å². The van der Waals surface area contributed by atoms with Gasteiger partial charge in [0.15, 0.2) is 0 Å². The van der Waals surface area contributed by atoms with Crippen LogP contribution in [0.4, 0.5) is 15.8 Å². The summed E-state index contributed by atoms with van der Waals surface area (Å²) in [6.45, 7) is -0.285. The van der Waals surface area contributed by atoms with Crippen LogP contribution in [0.3, 0.4) is 0 Å². The molecule has 0 aliphatic carbocycles. The molecule has 2 aliphatic rings. The van der Waals surface area contributed by atoms with E-state index in [1.807, 2.05) is 17.5 Å². The molecule has 0 saturated carbocycles. The molecule has 38 heavy (non-hydrogen) atoms. The number of thiophene rings is 1. The minimum Gasteiger partial charge on any atom is -0.325 e. The monoisotopic (exact) mass is 585 g/mol. The van der Waals surface area contributed by atoms with Gasteiger partial charge in [-0.15, -0.1) is 11.3 Å². The average molecular weight is 586 g/mol. The largest absolute Gasteiger partial charge is 0.325 e. The van der Waals surface area contributed by atoms with Crippen LogP contribution < -0.4 is 15.1 Å². The summed E-state index contributed by atoms with van der Waals surface area (Å²) in [6.07, 6.45) is 0.